The fraction of sp³-hybridized carbons (Fsp3) is 0.500. The Bertz CT molecular complexity index is 523. The lowest BCUT2D eigenvalue weighted by Gasteiger charge is -2.36. The van der Waals surface area contributed by atoms with Crippen LogP contribution in [0.3, 0.4) is 0 Å². The maximum absolute atomic E-state index is 12.1. The van der Waals surface area contributed by atoms with E-state index in [1.165, 1.54) is 0 Å². The zero-order valence-electron chi connectivity index (χ0n) is 13.1. The van der Waals surface area contributed by atoms with Gasteiger partial charge in [-0.3, -0.25) is 9.59 Å². The molecular weight excluding hydrogens is 282 g/mol. The van der Waals surface area contributed by atoms with Gasteiger partial charge in [0.05, 0.1) is 12.1 Å². The van der Waals surface area contributed by atoms with E-state index in [2.05, 4.69) is 10.2 Å². The van der Waals surface area contributed by atoms with Crippen LogP contribution in [-0.4, -0.2) is 60.1 Å². The van der Waals surface area contributed by atoms with E-state index in [-0.39, 0.29) is 6.61 Å². The Morgan fingerprint density at radius 1 is 1.14 bits per heavy atom. The number of rotatable bonds is 3. The van der Waals surface area contributed by atoms with Crippen LogP contribution in [0, 0.1) is 0 Å². The zero-order chi connectivity index (χ0) is 16.2. The van der Waals surface area contributed by atoms with Gasteiger partial charge in [-0.05, 0) is 26.0 Å². The largest absolute Gasteiger partial charge is 0.394 e. The summed E-state index contributed by atoms with van der Waals surface area (Å²) in [5.41, 5.74) is 0.332. The van der Waals surface area contributed by atoms with E-state index in [1.54, 1.807) is 18.7 Å². The molecule has 1 aromatic rings. The van der Waals surface area contributed by atoms with Crippen molar-refractivity contribution in [2.75, 3.05) is 37.7 Å². The van der Waals surface area contributed by atoms with Gasteiger partial charge in [0.2, 0.25) is 0 Å². The summed E-state index contributed by atoms with van der Waals surface area (Å²) in [5, 5.41) is 11.7. The number of hydrogen-bond acceptors (Lipinski definition) is 4. The minimum Gasteiger partial charge on any atom is -0.394 e. The Morgan fingerprint density at radius 3 is 2.27 bits per heavy atom. The second kappa shape index (κ2) is 6.79. The van der Waals surface area contributed by atoms with Crippen LogP contribution in [0.15, 0.2) is 30.3 Å². The van der Waals surface area contributed by atoms with E-state index in [0.717, 1.165) is 5.69 Å². The van der Waals surface area contributed by atoms with Crippen molar-refractivity contribution < 1.29 is 14.7 Å². The highest BCUT2D eigenvalue weighted by Crippen LogP contribution is 2.15. The smallest absolute Gasteiger partial charge is 0.312 e. The third kappa shape index (κ3) is 3.98. The number of hydrogen-bond donors (Lipinski definition) is 2. The minimum atomic E-state index is -0.793. The highest BCUT2D eigenvalue weighted by molar-refractivity contribution is 6.35. The summed E-state index contributed by atoms with van der Waals surface area (Å²) >= 11 is 0. The molecule has 0 bridgehead atoms. The molecule has 1 aliphatic rings. The summed E-state index contributed by atoms with van der Waals surface area (Å²) in [4.78, 5) is 27.8. The first-order valence-electron chi connectivity index (χ1n) is 7.45. The van der Waals surface area contributed by atoms with E-state index < -0.39 is 17.4 Å². The van der Waals surface area contributed by atoms with Crippen molar-refractivity contribution in [1.82, 2.24) is 10.2 Å². The van der Waals surface area contributed by atoms with Gasteiger partial charge in [-0.25, -0.2) is 0 Å². The summed E-state index contributed by atoms with van der Waals surface area (Å²) in [5.74, 6) is -1.19. The van der Waals surface area contributed by atoms with E-state index in [9.17, 15) is 9.59 Å². The predicted octanol–water partition coefficient (Wildman–Crippen LogP) is 0.222. The molecule has 0 radical (unpaired) electrons. The predicted molar refractivity (Wildman–Crippen MR) is 84.5 cm³/mol. The molecule has 1 saturated heterocycles. The normalized spacial score (nSPS) is 15.6. The summed E-state index contributed by atoms with van der Waals surface area (Å²) in [7, 11) is 0. The van der Waals surface area contributed by atoms with Gasteiger partial charge >= 0.3 is 11.8 Å². The Balaban J connectivity index is 1.88. The second-order valence-electron chi connectivity index (χ2n) is 6.11. The van der Waals surface area contributed by atoms with Crippen LogP contribution >= 0.6 is 0 Å². The Kier molecular flexibility index (Phi) is 5.03. The first-order chi connectivity index (χ1) is 10.4. The molecule has 1 heterocycles. The van der Waals surface area contributed by atoms with Crippen molar-refractivity contribution in [2.45, 2.75) is 19.4 Å². The van der Waals surface area contributed by atoms with Crippen LogP contribution < -0.4 is 10.2 Å². The zero-order valence-corrected chi connectivity index (χ0v) is 13.1. The molecule has 0 aliphatic carbocycles. The average Bonchev–Trinajstić information content (AvgIpc) is 2.55. The highest BCUT2D eigenvalue weighted by Gasteiger charge is 2.29. The van der Waals surface area contributed by atoms with Gasteiger partial charge < -0.3 is 20.2 Å². The molecule has 1 aromatic carbocycles. The standard InChI is InChI=1S/C16H23N3O3/c1-16(2,12-20)17-14(21)15(22)19-10-8-18(9-11-19)13-6-4-3-5-7-13/h3-7,20H,8-12H2,1-2H3,(H,17,21). The molecule has 1 aliphatic heterocycles. The molecule has 6 heteroatoms. The van der Waals surface area contributed by atoms with Crippen LogP contribution in [0.1, 0.15) is 13.8 Å². The average molecular weight is 305 g/mol. The maximum atomic E-state index is 12.1. The molecule has 1 fully saturated rings. The number of aliphatic hydroxyl groups is 1. The van der Waals surface area contributed by atoms with Crippen LogP contribution in [0.5, 0.6) is 0 Å². The van der Waals surface area contributed by atoms with Gasteiger partial charge in [-0.2, -0.15) is 0 Å². The first kappa shape index (κ1) is 16.3. The van der Waals surface area contributed by atoms with E-state index in [4.69, 9.17) is 5.11 Å². The van der Waals surface area contributed by atoms with Crippen molar-refractivity contribution in [1.29, 1.82) is 0 Å². The summed E-state index contributed by atoms with van der Waals surface area (Å²) < 4.78 is 0. The molecule has 0 saturated carbocycles. The van der Waals surface area contributed by atoms with Gasteiger partial charge in [0.15, 0.2) is 0 Å². The highest BCUT2D eigenvalue weighted by atomic mass is 16.3. The third-order valence-electron chi connectivity index (χ3n) is 3.73. The Morgan fingerprint density at radius 2 is 1.73 bits per heavy atom. The van der Waals surface area contributed by atoms with E-state index in [0.29, 0.717) is 26.2 Å². The molecule has 0 spiro atoms. The quantitative estimate of drug-likeness (QED) is 0.784. The SMILES string of the molecule is CC(C)(CO)NC(=O)C(=O)N1CCN(c2ccccc2)CC1. The van der Waals surface area contributed by atoms with Crippen molar-refractivity contribution >= 4 is 17.5 Å². The summed E-state index contributed by atoms with van der Waals surface area (Å²) in [6.45, 7) is 5.56. The molecule has 120 valence electrons. The van der Waals surface area contributed by atoms with Crippen LogP contribution in [0.2, 0.25) is 0 Å². The van der Waals surface area contributed by atoms with Crippen LogP contribution in [0.4, 0.5) is 5.69 Å². The second-order valence-corrected chi connectivity index (χ2v) is 6.11. The lowest BCUT2D eigenvalue weighted by atomic mass is 10.1. The third-order valence-corrected chi connectivity index (χ3v) is 3.73. The first-order valence-corrected chi connectivity index (χ1v) is 7.45. The molecule has 0 unspecified atom stereocenters. The van der Waals surface area contributed by atoms with E-state index in [1.807, 2.05) is 30.3 Å². The van der Waals surface area contributed by atoms with Gasteiger partial charge in [-0.1, -0.05) is 18.2 Å². The van der Waals surface area contributed by atoms with Gasteiger partial charge in [0.25, 0.3) is 0 Å². The fourth-order valence-electron chi connectivity index (χ4n) is 2.35. The maximum Gasteiger partial charge on any atom is 0.312 e. The summed E-state index contributed by atoms with van der Waals surface area (Å²) in [6.07, 6.45) is 0. The summed E-state index contributed by atoms with van der Waals surface area (Å²) in [6, 6.07) is 10.0. The van der Waals surface area contributed by atoms with Crippen molar-refractivity contribution in [2.24, 2.45) is 0 Å². The molecule has 22 heavy (non-hydrogen) atoms. The number of benzene rings is 1. The van der Waals surface area contributed by atoms with Crippen LogP contribution in [0.25, 0.3) is 0 Å². The van der Waals surface area contributed by atoms with Crippen molar-refractivity contribution in [3.8, 4) is 0 Å². The number of carbonyl (C=O) groups excluding carboxylic acids is 2. The number of nitrogens with one attached hydrogen (secondary N) is 1. The van der Waals surface area contributed by atoms with Gasteiger partial charge in [0, 0.05) is 31.9 Å². The minimum absolute atomic E-state index is 0.214. The Labute approximate surface area is 130 Å². The molecule has 2 amide bonds. The number of carbonyl (C=O) groups is 2. The molecule has 2 N–H and O–H groups in total. The fourth-order valence-corrected chi connectivity index (χ4v) is 2.35. The number of aliphatic hydroxyl groups excluding tert-OH is 1. The lowest BCUT2D eigenvalue weighted by molar-refractivity contribution is -0.147. The number of nitrogens with zero attached hydrogens (tertiary/aromatic N) is 2. The Hall–Kier alpha value is -2.08. The van der Waals surface area contributed by atoms with E-state index >= 15 is 0 Å². The molecule has 6 nitrogen and oxygen atoms in total. The topological polar surface area (TPSA) is 72.9 Å². The number of anilines is 1. The van der Waals surface area contributed by atoms with Crippen molar-refractivity contribution in [3.05, 3.63) is 30.3 Å². The molecule has 0 aromatic heterocycles. The molecule has 0 atom stereocenters. The lowest BCUT2D eigenvalue weighted by Crippen LogP contribution is -2.56. The van der Waals surface area contributed by atoms with Crippen LogP contribution in [-0.2, 0) is 9.59 Å². The molecule has 2 rings (SSSR count). The monoisotopic (exact) mass is 305 g/mol. The number of amides is 2. The number of para-hydroxylation sites is 1. The van der Waals surface area contributed by atoms with Crippen molar-refractivity contribution in [3.63, 3.8) is 0 Å². The molecular formula is C16H23N3O3. The van der Waals surface area contributed by atoms with Gasteiger partial charge in [-0.15, -0.1) is 0 Å². The number of piperazine rings is 1. The van der Waals surface area contributed by atoms with Gasteiger partial charge in [0.1, 0.15) is 0 Å².